The molecular formula is C18H12N2O2. The van der Waals surface area contributed by atoms with Crippen LogP contribution >= 0.6 is 0 Å². The van der Waals surface area contributed by atoms with Crippen LogP contribution in [0.5, 0.6) is 0 Å². The Kier molecular flexibility index (Phi) is 2.76. The number of carboxylic acids is 1. The molecule has 0 amide bonds. The Balaban J connectivity index is 1.77. The van der Waals surface area contributed by atoms with E-state index in [2.05, 4.69) is 22.1 Å². The van der Waals surface area contributed by atoms with Gasteiger partial charge in [0.25, 0.3) is 0 Å². The highest BCUT2D eigenvalue weighted by molar-refractivity contribution is 6.15. The first-order valence-electron chi connectivity index (χ1n) is 7.00. The van der Waals surface area contributed by atoms with Crippen LogP contribution in [0, 0.1) is 5.92 Å². The van der Waals surface area contributed by atoms with E-state index in [9.17, 15) is 4.79 Å². The first-order chi connectivity index (χ1) is 10.7. The minimum absolute atomic E-state index is 0.122. The lowest BCUT2D eigenvalue weighted by Crippen LogP contribution is -2.25. The van der Waals surface area contributed by atoms with Crippen molar-refractivity contribution in [2.45, 2.75) is 0 Å². The average Bonchev–Trinajstić information content (AvgIpc) is 2.55. The lowest BCUT2D eigenvalue weighted by atomic mass is 9.83. The fraction of sp³-hybridized carbons (Fsp3) is 0.0556. The molecule has 1 unspecified atom stereocenters. The van der Waals surface area contributed by atoms with E-state index in [-0.39, 0.29) is 11.5 Å². The second-order valence-electron chi connectivity index (χ2n) is 5.26. The number of carbonyl (C=O) groups is 1. The molecule has 2 aliphatic carbocycles. The highest BCUT2D eigenvalue weighted by Crippen LogP contribution is 2.34. The van der Waals surface area contributed by atoms with Gasteiger partial charge in [0.15, 0.2) is 5.84 Å². The molecule has 4 nitrogen and oxygen atoms in total. The van der Waals surface area contributed by atoms with Crippen molar-refractivity contribution < 1.29 is 9.90 Å². The summed E-state index contributed by atoms with van der Waals surface area (Å²) in [6.07, 6.45) is 12.1. The van der Waals surface area contributed by atoms with Crippen molar-refractivity contribution in [2.24, 2.45) is 15.9 Å². The van der Waals surface area contributed by atoms with E-state index in [4.69, 9.17) is 5.11 Å². The molecule has 0 saturated heterocycles. The van der Waals surface area contributed by atoms with Gasteiger partial charge in [0.05, 0.1) is 22.9 Å². The lowest BCUT2D eigenvalue weighted by Gasteiger charge is -2.27. The summed E-state index contributed by atoms with van der Waals surface area (Å²) < 4.78 is 0. The fourth-order valence-corrected chi connectivity index (χ4v) is 2.81. The molecule has 106 valence electrons. The van der Waals surface area contributed by atoms with Crippen molar-refractivity contribution in [2.75, 3.05) is 0 Å². The predicted molar refractivity (Wildman–Crippen MR) is 85.3 cm³/mol. The fourth-order valence-electron chi connectivity index (χ4n) is 2.81. The Hall–Kier alpha value is -3.01. The van der Waals surface area contributed by atoms with Gasteiger partial charge in [-0.15, -0.1) is 0 Å². The number of allylic oxidation sites excluding steroid dienone is 7. The number of hydrogen-bond acceptors (Lipinski definition) is 3. The van der Waals surface area contributed by atoms with Crippen molar-refractivity contribution in [1.29, 1.82) is 0 Å². The molecule has 1 N–H and O–H groups in total. The molecule has 0 radical (unpaired) electrons. The Bertz CT molecular complexity index is 848. The minimum Gasteiger partial charge on any atom is -0.478 e. The van der Waals surface area contributed by atoms with Crippen LogP contribution in [0.15, 0.2) is 82.0 Å². The number of amidine groups is 1. The minimum atomic E-state index is -0.936. The SMILES string of the molecule is O=C(O)c1ccc(C2=NC3=CC=CC4=CC=CC(=N2)C43)cc1. The van der Waals surface area contributed by atoms with Crippen LogP contribution in [0.3, 0.4) is 0 Å². The first-order valence-corrected chi connectivity index (χ1v) is 7.00. The van der Waals surface area contributed by atoms with Gasteiger partial charge < -0.3 is 5.11 Å². The van der Waals surface area contributed by atoms with Crippen molar-refractivity contribution in [3.63, 3.8) is 0 Å². The molecule has 22 heavy (non-hydrogen) atoms. The maximum absolute atomic E-state index is 10.9. The van der Waals surface area contributed by atoms with E-state index >= 15 is 0 Å². The summed E-state index contributed by atoms with van der Waals surface area (Å²) in [6.45, 7) is 0. The molecule has 0 fully saturated rings. The zero-order valence-corrected chi connectivity index (χ0v) is 11.6. The Morgan fingerprint density at radius 1 is 1.00 bits per heavy atom. The van der Waals surface area contributed by atoms with Gasteiger partial charge in [0.1, 0.15) is 0 Å². The summed E-state index contributed by atoms with van der Waals surface area (Å²) in [4.78, 5) is 20.2. The monoisotopic (exact) mass is 288 g/mol. The summed E-state index contributed by atoms with van der Waals surface area (Å²) in [6, 6.07) is 6.64. The van der Waals surface area contributed by atoms with E-state index < -0.39 is 5.97 Å². The molecule has 1 aliphatic heterocycles. The van der Waals surface area contributed by atoms with Gasteiger partial charge in [0.2, 0.25) is 0 Å². The quantitative estimate of drug-likeness (QED) is 0.908. The molecule has 0 aromatic heterocycles. The highest BCUT2D eigenvalue weighted by Gasteiger charge is 2.29. The molecule has 0 bridgehead atoms. The third-order valence-electron chi connectivity index (χ3n) is 3.90. The van der Waals surface area contributed by atoms with Crippen molar-refractivity contribution >= 4 is 17.5 Å². The Morgan fingerprint density at radius 2 is 1.77 bits per heavy atom. The van der Waals surface area contributed by atoms with Gasteiger partial charge in [-0.2, -0.15) is 0 Å². The number of carboxylic acid groups (broad SMARTS) is 1. The van der Waals surface area contributed by atoms with Crippen molar-refractivity contribution in [3.05, 3.63) is 83.1 Å². The number of hydrogen-bond donors (Lipinski definition) is 1. The van der Waals surface area contributed by atoms with Gasteiger partial charge in [-0.1, -0.05) is 36.4 Å². The zero-order chi connectivity index (χ0) is 15.1. The number of aromatic carboxylic acids is 1. The van der Waals surface area contributed by atoms with E-state index in [1.165, 1.54) is 5.57 Å². The largest absolute Gasteiger partial charge is 0.478 e. The van der Waals surface area contributed by atoms with Gasteiger partial charge >= 0.3 is 5.97 Å². The molecule has 4 rings (SSSR count). The second kappa shape index (κ2) is 4.77. The van der Waals surface area contributed by atoms with Gasteiger partial charge in [-0.25, -0.2) is 14.8 Å². The first kappa shape index (κ1) is 12.7. The zero-order valence-electron chi connectivity index (χ0n) is 11.6. The number of rotatable bonds is 2. The van der Waals surface area contributed by atoms with Gasteiger partial charge in [0, 0.05) is 5.56 Å². The molecule has 1 atom stereocenters. The van der Waals surface area contributed by atoms with Crippen molar-refractivity contribution in [1.82, 2.24) is 0 Å². The summed E-state index contributed by atoms with van der Waals surface area (Å²) in [5.74, 6) is -0.193. The lowest BCUT2D eigenvalue weighted by molar-refractivity contribution is 0.0697. The Morgan fingerprint density at radius 3 is 2.55 bits per heavy atom. The smallest absolute Gasteiger partial charge is 0.335 e. The number of benzene rings is 1. The molecule has 4 heteroatoms. The van der Waals surface area contributed by atoms with Gasteiger partial charge in [-0.3, -0.25) is 0 Å². The number of nitrogens with zero attached hydrogens (tertiary/aromatic N) is 2. The van der Waals surface area contributed by atoms with E-state index in [0.29, 0.717) is 5.84 Å². The van der Waals surface area contributed by atoms with Crippen LogP contribution in [-0.4, -0.2) is 22.6 Å². The van der Waals surface area contributed by atoms with E-state index in [1.54, 1.807) is 24.3 Å². The third-order valence-corrected chi connectivity index (χ3v) is 3.90. The molecule has 3 aliphatic rings. The molecule has 0 saturated carbocycles. The summed E-state index contributed by atoms with van der Waals surface area (Å²) in [5.41, 5.74) is 4.22. The summed E-state index contributed by atoms with van der Waals surface area (Å²) in [7, 11) is 0. The Labute approximate surface area is 127 Å². The molecular weight excluding hydrogens is 276 g/mol. The highest BCUT2D eigenvalue weighted by atomic mass is 16.4. The van der Waals surface area contributed by atoms with Crippen molar-refractivity contribution in [3.8, 4) is 0 Å². The molecule has 1 heterocycles. The normalized spacial score (nSPS) is 21.4. The number of aliphatic imine (C=N–C) groups is 2. The van der Waals surface area contributed by atoms with Crippen LogP contribution in [0.25, 0.3) is 0 Å². The molecule has 1 aromatic carbocycles. The summed E-state index contributed by atoms with van der Waals surface area (Å²) >= 11 is 0. The average molecular weight is 288 g/mol. The maximum atomic E-state index is 10.9. The van der Waals surface area contributed by atoms with Crippen LogP contribution < -0.4 is 0 Å². The second-order valence-corrected chi connectivity index (χ2v) is 5.26. The topological polar surface area (TPSA) is 62.0 Å². The molecule has 1 aromatic rings. The van der Waals surface area contributed by atoms with Crippen LogP contribution in [0.4, 0.5) is 0 Å². The van der Waals surface area contributed by atoms with Crippen LogP contribution in [0.1, 0.15) is 15.9 Å². The third kappa shape index (κ3) is 1.97. The predicted octanol–water partition coefficient (Wildman–Crippen LogP) is 3.15. The molecule has 0 spiro atoms. The maximum Gasteiger partial charge on any atom is 0.335 e. The van der Waals surface area contributed by atoms with E-state index in [1.807, 2.05) is 24.3 Å². The van der Waals surface area contributed by atoms with E-state index in [0.717, 1.165) is 17.0 Å². The van der Waals surface area contributed by atoms with Crippen LogP contribution in [-0.2, 0) is 0 Å². The van der Waals surface area contributed by atoms with Crippen LogP contribution in [0.2, 0.25) is 0 Å². The van der Waals surface area contributed by atoms with Gasteiger partial charge in [-0.05, 0) is 29.9 Å². The summed E-state index contributed by atoms with van der Waals surface area (Å²) in [5, 5.41) is 8.97. The standard InChI is InChI=1S/C18H12N2O2/c21-18(22)13-9-7-12(8-10-13)17-19-14-5-1-3-11-4-2-6-15(20-17)16(11)14/h1-10,16H,(H,21,22).